The maximum absolute atomic E-state index is 4.32. The second-order valence-corrected chi connectivity index (χ2v) is 6.75. The first-order valence-electron chi connectivity index (χ1n) is 8.82. The van der Waals surface area contributed by atoms with Gasteiger partial charge in [0.2, 0.25) is 0 Å². The predicted molar refractivity (Wildman–Crippen MR) is 92.9 cm³/mol. The van der Waals surface area contributed by atoms with Crippen molar-refractivity contribution >= 4 is 5.96 Å². The van der Waals surface area contributed by atoms with Gasteiger partial charge in [0.05, 0.1) is 0 Å². The predicted octanol–water partition coefficient (Wildman–Crippen LogP) is 2.71. The van der Waals surface area contributed by atoms with E-state index >= 15 is 0 Å². The summed E-state index contributed by atoms with van der Waals surface area (Å²) >= 11 is 0. The quantitative estimate of drug-likeness (QED) is 0.411. The average Bonchev–Trinajstić information content (AvgIpc) is 2.46. The number of rotatable bonds is 8. The summed E-state index contributed by atoms with van der Waals surface area (Å²) in [6.45, 7) is 12.7. The molecule has 4 heteroatoms. The molecule has 0 saturated carbocycles. The summed E-state index contributed by atoms with van der Waals surface area (Å²) in [5.74, 6) is 2.49. The lowest BCUT2D eigenvalue weighted by Crippen LogP contribution is -2.45. The van der Waals surface area contributed by atoms with Crippen LogP contribution in [0.4, 0.5) is 0 Å². The summed E-state index contributed by atoms with van der Waals surface area (Å²) in [6, 6.07) is 0. The molecule has 1 saturated heterocycles. The van der Waals surface area contributed by atoms with Crippen LogP contribution in [0.15, 0.2) is 4.99 Å². The molecular weight excluding hydrogens is 260 g/mol. The minimum absolute atomic E-state index is 0.756. The van der Waals surface area contributed by atoms with Gasteiger partial charge in [-0.2, -0.15) is 0 Å². The Labute approximate surface area is 131 Å². The summed E-state index contributed by atoms with van der Waals surface area (Å²) in [4.78, 5) is 6.94. The summed E-state index contributed by atoms with van der Waals surface area (Å²) in [7, 11) is 1.86. The molecule has 1 heterocycles. The average molecular weight is 297 g/mol. The molecular formula is C17H36N4. The van der Waals surface area contributed by atoms with Crippen LogP contribution in [0.25, 0.3) is 0 Å². The van der Waals surface area contributed by atoms with Crippen molar-refractivity contribution in [1.82, 2.24) is 15.5 Å². The summed E-state index contributed by atoms with van der Waals surface area (Å²) < 4.78 is 0. The third-order valence-electron chi connectivity index (χ3n) is 4.08. The van der Waals surface area contributed by atoms with Crippen LogP contribution >= 0.6 is 0 Å². The van der Waals surface area contributed by atoms with Crippen molar-refractivity contribution in [3.63, 3.8) is 0 Å². The monoisotopic (exact) mass is 296 g/mol. The van der Waals surface area contributed by atoms with Gasteiger partial charge in [0.1, 0.15) is 0 Å². The third-order valence-corrected chi connectivity index (χ3v) is 4.08. The molecule has 0 aromatic heterocycles. The zero-order valence-electron chi connectivity index (χ0n) is 14.6. The number of piperidine rings is 1. The highest BCUT2D eigenvalue weighted by molar-refractivity contribution is 5.79. The first kappa shape index (κ1) is 18.3. The summed E-state index contributed by atoms with van der Waals surface area (Å²) in [5, 5.41) is 6.91. The number of nitrogens with zero attached hydrogens (tertiary/aromatic N) is 2. The molecule has 1 fully saturated rings. The van der Waals surface area contributed by atoms with Crippen molar-refractivity contribution in [2.24, 2.45) is 16.8 Å². The van der Waals surface area contributed by atoms with Crippen molar-refractivity contribution in [3.05, 3.63) is 0 Å². The smallest absolute Gasteiger partial charge is 0.190 e. The molecule has 1 aliphatic rings. The molecule has 1 aliphatic heterocycles. The molecule has 2 N–H and O–H groups in total. The first-order chi connectivity index (χ1) is 10.2. The van der Waals surface area contributed by atoms with E-state index in [1.54, 1.807) is 0 Å². The topological polar surface area (TPSA) is 39.7 Å². The fraction of sp³-hybridized carbons (Fsp3) is 0.941. The first-order valence-corrected chi connectivity index (χ1v) is 8.82. The highest BCUT2D eigenvalue weighted by atomic mass is 15.2. The van der Waals surface area contributed by atoms with E-state index in [2.05, 4.69) is 41.3 Å². The van der Waals surface area contributed by atoms with E-state index in [0.29, 0.717) is 0 Å². The Morgan fingerprint density at radius 3 is 2.76 bits per heavy atom. The summed E-state index contributed by atoms with van der Waals surface area (Å²) in [6.07, 6.45) is 6.46. The van der Waals surface area contributed by atoms with Gasteiger partial charge in [-0.1, -0.05) is 33.6 Å². The molecule has 0 aromatic rings. The Morgan fingerprint density at radius 2 is 2.10 bits per heavy atom. The van der Waals surface area contributed by atoms with E-state index in [9.17, 15) is 0 Å². The molecule has 0 aliphatic carbocycles. The molecule has 0 radical (unpaired) electrons. The molecule has 0 aromatic carbocycles. The number of hydrogen-bond donors (Lipinski definition) is 2. The van der Waals surface area contributed by atoms with Gasteiger partial charge >= 0.3 is 0 Å². The molecule has 21 heavy (non-hydrogen) atoms. The van der Waals surface area contributed by atoms with Crippen LogP contribution in [0.3, 0.4) is 0 Å². The number of guanidine groups is 1. The molecule has 1 rings (SSSR count). The lowest BCUT2D eigenvalue weighted by atomic mass is 9.97. The van der Waals surface area contributed by atoms with Crippen molar-refractivity contribution in [3.8, 4) is 0 Å². The fourth-order valence-corrected chi connectivity index (χ4v) is 3.04. The van der Waals surface area contributed by atoms with Crippen LogP contribution in [0.1, 0.15) is 52.9 Å². The van der Waals surface area contributed by atoms with Crippen LogP contribution in [-0.4, -0.2) is 50.6 Å². The lowest BCUT2D eigenvalue weighted by Gasteiger charge is -2.34. The second kappa shape index (κ2) is 10.9. The van der Waals surface area contributed by atoms with E-state index in [1.165, 1.54) is 51.7 Å². The van der Waals surface area contributed by atoms with E-state index in [-0.39, 0.29) is 0 Å². The van der Waals surface area contributed by atoms with E-state index < -0.39 is 0 Å². The van der Waals surface area contributed by atoms with Crippen molar-refractivity contribution in [1.29, 1.82) is 0 Å². The van der Waals surface area contributed by atoms with Crippen molar-refractivity contribution < 1.29 is 0 Å². The van der Waals surface area contributed by atoms with Gasteiger partial charge in [-0.05, 0) is 37.6 Å². The number of hydrogen-bond acceptors (Lipinski definition) is 2. The van der Waals surface area contributed by atoms with Crippen molar-refractivity contribution in [2.45, 2.75) is 52.9 Å². The molecule has 4 nitrogen and oxygen atoms in total. The van der Waals surface area contributed by atoms with Crippen LogP contribution in [-0.2, 0) is 0 Å². The second-order valence-electron chi connectivity index (χ2n) is 6.75. The van der Waals surface area contributed by atoms with Gasteiger partial charge < -0.3 is 15.5 Å². The van der Waals surface area contributed by atoms with Gasteiger partial charge in [-0.15, -0.1) is 0 Å². The molecule has 1 unspecified atom stereocenters. The van der Waals surface area contributed by atoms with Crippen LogP contribution < -0.4 is 10.6 Å². The Kier molecular flexibility index (Phi) is 9.48. The van der Waals surface area contributed by atoms with E-state index in [1.807, 2.05) is 7.05 Å². The highest BCUT2D eigenvalue weighted by Crippen LogP contribution is 2.16. The maximum Gasteiger partial charge on any atom is 0.190 e. The van der Waals surface area contributed by atoms with Gasteiger partial charge in [0, 0.05) is 33.2 Å². The molecule has 0 spiro atoms. The van der Waals surface area contributed by atoms with Gasteiger partial charge in [0.15, 0.2) is 5.96 Å². The Morgan fingerprint density at radius 1 is 1.29 bits per heavy atom. The minimum Gasteiger partial charge on any atom is -0.356 e. The third kappa shape index (κ3) is 8.30. The number of aliphatic imine (C=N–C) groups is 1. The zero-order chi connectivity index (χ0) is 15.5. The van der Waals surface area contributed by atoms with Crippen LogP contribution in [0.5, 0.6) is 0 Å². The largest absolute Gasteiger partial charge is 0.356 e. The molecule has 124 valence electrons. The highest BCUT2D eigenvalue weighted by Gasteiger charge is 2.20. The minimum atomic E-state index is 0.756. The normalized spacial score (nSPS) is 20.8. The molecule has 0 bridgehead atoms. The number of nitrogens with one attached hydrogen (secondary N) is 2. The summed E-state index contributed by atoms with van der Waals surface area (Å²) in [5.41, 5.74) is 0. The standard InChI is InChI=1S/C17H36N4/c1-5-6-7-10-19-17(18-4)20-12-16-9-8-11-21(14-16)13-15(2)3/h15-16H,5-14H2,1-4H3,(H2,18,19,20). The Balaban J connectivity index is 2.22. The van der Waals surface area contributed by atoms with Crippen molar-refractivity contribution in [2.75, 3.05) is 39.8 Å². The van der Waals surface area contributed by atoms with E-state index in [4.69, 9.17) is 0 Å². The molecule has 0 amide bonds. The fourth-order valence-electron chi connectivity index (χ4n) is 3.04. The van der Waals surface area contributed by atoms with E-state index in [0.717, 1.165) is 30.9 Å². The lowest BCUT2D eigenvalue weighted by molar-refractivity contribution is 0.159. The SMILES string of the molecule is CCCCCNC(=NC)NCC1CCCN(CC(C)C)C1. The maximum atomic E-state index is 4.32. The number of unbranched alkanes of at least 4 members (excludes halogenated alkanes) is 2. The zero-order valence-corrected chi connectivity index (χ0v) is 14.6. The Bertz CT molecular complexity index is 289. The number of likely N-dealkylation sites (tertiary alicyclic amines) is 1. The Hall–Kier alpha value is -0.770. The molecule has 1 atom stereocenters. The van der Waals surface area contributed by atoms with Gasteiger partial charge in [0.25, 0.3) is 0 Å². The van der Waals surface area contributed by atoms with Crippen LogP contribution in [0.2, 0.25) is 0 Å². The van der Waals surface area contributed by atoms with Gasteiger partial charge in [-0.25, -0.2) is 0 Å². The van der Waals surface area contributed by atoms with Crippen LogP contribution in [0, 0.1) is 11.8 Å². The van der Waals surface area contributed by atoms with Gasteiger partial charge in [-0.3, -0.25) is 4.99 Å².